The molecule has 3 aromatic rings. The second kappa shape index (κ2) is 13.1. The van der Waals surface area contributed by atoms with Crippen molar-refractivity contribution in [3.8, 4) is 0 Å². The quantitative estimate of drug-likeness (QED) is 0.341. The molecule has 212 valence electrons. The smallest absolute Gasteiger partial charge is 0.264 e. The Morgan fingerprint density at radius 1 is 0.875 bits per heavy atom. The van der Waals surface area contributed by atoms with Gasteiger partial charge in [-0.05, 0) is 62.9 Å². The lowest BCUT2D eigenvalue weighted by atomic mass is 10.1. The number of nitrogens with one attached hydrogen (secondary N) is 1. The third-order valence-corrected chi connectivity index (χ3v) is 9.28. The van der Waals surface area contributed by atoms with E-state index in [1.54, 1.807) is 30.3 Å². The van der Waals surface area contributed by atoms with E-state index in [1.807, 2.05) is 57.2 Å². The minimum absolute atomic E-state index is 0.0967. The van der Waals surface area contributed by atoms with Gasteiger partial charge in [0.05, 0.1) is 10.6 Å². The molecule has 3 aromatic carbocycles. The van der Waals surface area contributed by atoms with Gasteiger partial charge in [-0.25, -0.2) is 8.42 Å². The number of carbonyl (C=O) groups excluding carboxylic acids is 2. The lowest BCUT2D eigenvalue weighted by Gasteiger charge is -2.33. The fraction of sp³-hybridized carbons (Fsp3) is 0.375. The highest BCUT2D eigenvalue weighted by Gasteiger charge is 2.34. The van der Waals surface area contributed by atoms with E-state index >= 15 is 0 Å². The van der Waals surface area contributed by atoms with Crippen molar-refractivity contribution in [3.63, 3.8) is 0 Å². The van der Waals surface area contributed by atoms with Gasteiger partial charge in [-0.3, -0.25) is 13.9 Å². The highest BCUT2D eigenvalue weighted by Crippen LogP contribution is 2.25. The Hall–Kier alpha value is -3.65. The molecule has 40 heavy (non-hydrogen) atoms. The summed E-state index contributed by atoms with van der Waals surface area (Å²) in [5.74, 6) is -0.628. The van der Waals surface area contributed by atoms with Crippen LogP contribution in [0.3, 0.4) is 0 Å². The highest BCUT2D eigenvalue weighted by molar-refractivity contribution is 7.92. The normalized spacial score (nSPS) is 14.5. The predicted molar refractivity (Wildman–Crippen MR) is 158 cm³/mol. The number of aryl methyl sites for hydroxylation is 2. The second-order valence-electron chi connectivity index (χ2n) is 10.6. The molecule has 7 nitrogen and oxygen atoms in total. The minimum atomic E-state index is -4.06. The van der Waals surface area contributed by atoms with Crippen molar-refractivity contribution >= 4 is 27.5 Å². The average Bonchev–Trinajstić information content (AvgIpc) is 3.46. The van der Waals surface area contributed by atoms with Crippen LogP contribution in [0.15, 0.2) is 83.8 Å². The van der Waals surface area contributed by atoms with E-state index in [4.69, 9.17) is 0 Å². The maximum absolute atomic E-state index is 14.1. The molecule has 1 N–H and O–H groups in total. The van der Waals surface area contributed by atoms with Gasteiger partial charge in [-0.15, -0.1) is 0 Å². The number of nitrogens with zero attached hydrogens (tertiary/aromatic N) is 2. The van der Waals surface area contributed by atoms with Crippen LogP contribution in [0, 0.1) is 13.8 Å². The van der Waals surface area contributed by atoms with E-state index in [0.717, 1.165) is 46.7 Å². The van der Waals surface area contributed by atoms with Gasteiger partial charge in [-0.2, -0.15) is 0 Å². The summed E-state index contributed by atoms with van der Waals surface area (Å²) in [5, 5.41) is 3.14. The van der Waals surface area contributed by atoms with E-state index in [-0.39, 0.29) is 23.4 Å². The van der Waals surface area contributed by atoms with Crippen molar-refractivity contribution in [3.05, 3.63) is 95.6 Å². The monoisotopic (exact) mass is 561 g/mol. The Balaban J connectivity index is 1.69. The predicted octanol–water partition coefficient (Wildman–Crippen LogP) is 5.36. The van der Waals surface area contributed by atoms with Gasteiger partial charge in [0.25, 0.3) is 10.0 Å². The van der Waals surface area contributed by atoms with Crippen molar-refractivity contribution in [2.24, 2.45) is 0 Å². The Morgan fingerprint density at radius 2 is 1.45 bits per heavy atom. The molecule has 0 saturated heterocycles. The molecule has 0 heterocycles. The Labute approximate surface area is 238 Å². The number of hydrogen-bond donors (Lipinski definition) is 1. The molecule has 0 aromatic heterocycles. The number of hydrogen-bond acceptors (Lipinski definition) is 4. The van der Waals surface area contributed by atoms with Gasteiger partial charge in [0.15, 0.2) is 0 Å². The van der Waals surface area contributed by atoms with Crippen molar-refractivity contribution in [2.75, 3.05) is 10.8 Å². The number of amides is 2. The molecule has 4 rings (SSSR count). The fourth-order valence-corrected chi connectivity index (χ4v) is 6.57. The number of benzene rings is 3. The number of sulfonamides is 1. The van der Waals surface area contributed by atoms with Crippen molar-refractivity contribution in [1.29, 1.82) is 0 Å². The zero-order valence-corrected chi connectivity index (χ0v) is 24.4. The first kappa shape index (κ1) is 29.3. The van der Waals surface area contributed by atoms with E-state index in [1.165, 1.54) is 17.0 Å². The van der Waals surface area contributed by atoms with Crippen LogP contribution in [0.1, 0.15) is 55.7 Å². The number of anilines is 1. The Morgan fingerprint density at radius 3 is 2.02 bits per heavy atom. The molecule has 1 aliphatic rings. The molecule has 1 atom stereocenters. The molecule has 2 amide bonds. The largest absolute Gasteiger partial charge is 0.352 e. The Kier molecular flexibility index (Phi) is 9.63. The van der Waals surface area contributed by atoms with Gasteiger partial charge in [0, 0.05) is 12.6 Å². The zero-order chi connectivity index (χ0) is 28.7. The molecule has 0 radical (unpaired) electrons. The molecule has 1 saturated carbocycles. The maximum Gasteiger partial charge on any atom is 0.264 e. The van der Waals surface area contributed by atoms with Gasteiger partial charge in [0.1, 0.15) is 12.6 Å². The van der Waals surface area contributed by atoms with Crippen LogP contribution in [-0.4, -0.2) is 43.8 Å². The summed E-state index contributed by atoms with van der Waals surface area (Å²) in [7, 11) is -4.06. The highest BCUT2D eigenvalue weighted by atomic mass is 32.2. The zero-order valence-electron chi connectivity index (χ0n) is 23.5. The van der Waals surface area contributed by atoms with Crippen LogP contribution in [0.5, 0.6) is 0 Å². The lowest BCUT2D eigenvalue weighted by Crippen LogP contribution is -2.53. The average molecular weight is 562 g/mol. The summed E-state index contributed by atoms with van der Waals surface area (Å²) in [6.45, 7) is 5.56. The first-order valence-corrected chi connectivity index (χ1v) is 15.4. The molecule has 0 aliphatic heterocycles. The molecule has 8 heteroatoms. The summed E-state index contributed by atoms with van der Waals surface area (Å²) < 4.78 is 28.8. The van der Waals surface area contributed by atoms with E-state index in [2.05, 4.69) is 5.32 Å². The van der Waals surface area contributed by atoms with Gasteiger partial charge in [0.2, 0.25) is 11.8 Å². The molecular formula is C32H39N3O4S. The molecule has 1 aliphatic carbocycles. The fourth-order valence-electron chi connectivity index (χ4n) is 5.14. The first-order chi connectivity index (χ1) is 19.2. The van der Waals surface area contributed by atoms with Crippen molar-refractivity contribution < 1.29 is 18.0 Å². The van der Waals surface area contributed by atoms with Gasteiger partial charge < -0.3 is 10.2 Å². The third-order valence-electron chi connectivity index (χ3n) is 7.49. The summed E-state index contributed by atoms with van der Waals surface area (Å²) in [6, 6.07) is 22.4. The van der Waals surface area contributed by atoms with Crippen LogP contribution in [0.25, 0.3) is 0 Å². The first-order valence-electron chi connectivity index (χ1n) is 14.0. The Bertz CT molecular complexity index is 1380. The van der Waals surface area contributed by atoms with Crippen LogP contribution < -0.4 is 9.62 Å². The summed E-state index contributed by atoms with van der Waals surface area (Å²) >= 11 is 0. The van der Waals surface area contributed by atoms with Crippen LogP contribution >= 0.6 is 0 Å². The molecular weight excluding hydrogens is 522 g/mol. The molecule has 1 fully saturated rings. The minimum Gasteiger partial charge on any atom is -0.352 e. The number of rotatable bonds is 11. The van der Waals surface area contributed by atoms with Crippen molar-refractivity contribution in [1.82, 2.24) is 10.2 Å². The SMILES string of the molecule is CC[C@@H](C(=O)NC1CCCC1)N(Cc1ccc(C)cc1)C(=O)CN(c1ccc(C)cc1)S(=O)(=O)c1ccccc1. The summed E-state index contributed by atoms with van der Waals surface area (Å²) in [4.78, 5) is 29.3. The number of carbonyl (C=O) groups is 2. The van der Waals surface area contributed by atoms with E-state index in [0.29, 0.717) is 12.1 Å². The maximum atomic E-state index is 14.1. The van der Waals surface area contributed by atoms with Gasteiger partial charge >= 0.3 is 0 Å². The standard InChI is InChI=1S/C32H39N3O4S/c1-4-30(32(37)33-27-10-8-9-11-27)34(22-26-18-14-24(2)15-19-26)31(36)23-35(28-20-16-25(3)17-21-28)40(38,39)29-12-6-5-7-13-29/h5-7,12-21,27,30H,4,8-11,22-23H2,1-3H3,(H,33,37)/t30-/m0/s1. The summed E-state index contributed by atoms with van der Waals surface area (Å²) in [5.41, 5.74) is 3.33. The van der Waals surface area contributed by atoms with E-state index in [9.17, 15) is 18.0 Å². The van der Waals surface area contributed by atoms with Crippen molar-refractivity contribution in [2.45, 2.75) is 76.4 Å². The molecule has 0 spiro atoms. The van der Waals surface area contributed by atoms with Crippen LogP contribution in [-0.2, 0) is 26.2 Å². The molecule has 0 unspecified atom stereocenters. The second-order valence-corrected chi connectivity index (χ2v) is 12.4. The summed E-state index contributed by atoms with van der Waals surface area (Å²) in [6.07, 6.45) is 4.44. The van der Waals surface area contributed by atoms with E-state index < -0.39 is 28.5 Å². The topological polar surface area (TPSA) is 86.8 Å². The van der Waals surface area contributed by atoms with Crippen LogP contribution in [0.4, 0.5) is 5.69 Å². The van der Waals surface area contributed by atoms with Gasteiger partial charge in [-0.1, -0.05) is 85.5 Å². The molecule has 0 bridgehead atoms. The lowest BCUT2D eigenvalue weighted by molar-refractivity contribution is -0.140. The van der Waals surface area contributed by atoms with Crippen LogP contribution in [0.2, 0.25) is 0 Å². The third kappa shape index (κ3) is 7.10.